The van der Waals surface area contributed by atoms with Crippen LogP contribution in [-0.2, 0) is 11.3 Å². The summed E-state index contributed by atoms with van der Waals surface area (Å²) in [6.07, 6.45) is 3.35. The molecule has 0 radical (unpaired) electrons. The first-order valence-corrected chi connectivity index (χ1v) is 10.1. The largest absolute Gasteiger partial charge is 0.481 e. The van der Waals surface area contributed by atoms with E-state index in [1.807, 2.05) is 24.3 Å². The van der Waals surface area contributed by atoms with Gasteiger partial charge in [-0.3, -0.25) is 9.69 Å². The molecule has 0 spiro atoms. The molecular formula is C24H33NO2. The molecule has 27 heavy (non-hydrogen) atoms. The van der Waals surface area contributed by atoms with E-state index in [2.05, 4.69) is 62.1 Å². The lowest BCUT2D eigenvalue weighted by Crippen LogP contribution is -2.39. The van der Waals surface area contributed by atoms with Crippen LogP contribution in [0.25, 0.3) is 0 Å². The summed E-state index contributed by atoms with van der Waals surface area (Å²) in [4.78, 5) is 14.0. The van der Waals surface area contributed by atoms with Crippen molar-refractivity contribution >= 4 is 5.97 Å². The molecule has 3 atom stereocenters. The van der Waals surface area contributed by atoms with Crippen LogP contribution in [0.1, 0.15) is 63.6 Å². The number of hydrogen-bond acceptors (Lipinski definition) is 2. The van der Waals surface area contributed by atoms with Crippen LogP contribution in [0.4, 0.5) is 0 Å². The molecule has 2 rings (SSSR count). The third-order valence-corrected chi connectivity index (χ3v) is 5.32. The maximum absolute atomic E-state index is 11.6. The summed E-state index contributed by atoms with van der Waals surface area (Å²) >= 11 is 0. The Hall–Kier alpha value is -2.13. The van der Waals surface area contributed by atoms with Crippen LogP contribution in [0, 0.1) is 5.92 Å². The van der Waals surface area contributed by atoms with Crippen LogP contribution in [0.3, 0.4) is 0 Å². The van der Waals surface area contributed by atoms with Crippen LogP contribution in [-0.4, -0.2) is 22.0 Å². The molecule has 0 heterocycles. The van der Waals surface area contributed by atoms with E-state index >= 15 is 0 Å². The maximum atomic E-state index is 11.6. The molecule has 0 fully saturated rings. The molecule has 0 bridgehead atoms. The van der Waals surface area contributed by atoms with Crippen LogP contribution < -0.4 is 0 Å². The van der Waals surface area contributed by atoms with Gasteiger partial charge in [-0.1, -0.05) is 87.4 Å². The van der Waals surface area contributed by atoms with Gasteiger partial charge in [0.25, 0.3) is 0 Å². The van der Waals surface area contributed by atoms with E-state index in [1.165, 1.54) is 11.1 Å². The van der Waals surface area contributed by atoms with Gasteiger partial charge in [-0.05, 0) is 30.4 Å². The third kappa shape index (κ3) is 6.84. The SMILES string of the molecule is CCC[C@@H](C)C[C@@H](CC(=O)O)N(Cc1ccccc1)C(C)c1ccccc1. The second-order valence-corrected chi connectivity index (χ2v) is 7.63. The lowest BCUT2D eigenvalue weighted by Gasteiger charge is -2.37. The number of aliphatic carboxylic acids is 1. The first-order valence-electron chi connectivity index (χ1n) is 10.1. The van der Waals surface area contributed by atoms with E-state index in [0.717, 1.165) is 25.8 Å². The normalized spacial score (nSPS) is 14.7. The fourth-order valence-corrected chi connectivity index (χ4v) is 3.91. The van der Waals surface area contributed by atoms with Crippen LogP contribution in [0.15, 0.2) is 60.7 Å². The molecule has 1 unspecified atom stereocenters. The van der Waals surface area contributed by atoms with Crippen molar-refractivity contribution in [1.82, 2.24) is 4.90 Å². The predicted octanol–water partition coefficient (Wildman–Crippen LogP) is 5.92. The number of carboxylic acid groups (broad SMARTS) is 1. The van der Waals surface area contributed by atoms with Gasteiger partial charge in [0.05, 0.1) is 6.42 Å². The monoisotopic (exact) mass is 367 g/mol. The summed E-state index contributed by atoms with van der Waals surface area (Å²) in [5.41, 5.74) is 2.45. The third-order valence-electron chi connectivity index (χ3n) is 5.32. The van der Waals surface area contributed by atoms with Crippen molar-refractivity contribution in [3.05, 3.63) is 71.8 Å². The Bertz CT molecular complexity index is 671. The van der Waals surface area contributed by atoms with Crippen molar-refractivity contribution in [2.24, 2.45) is 5.92 Å². The van der Waals surface area contributed by atoms with Gasteiger partial charge in [-0.2, -0.15) is 0 Å². The van der Waals surface area contributed by atoms with Gasteiger partial charge in [0.2, 0.25) is 0 Å². The van der Waals surface area contributed by atoms with Crippen molar-refractivity contribution in [3.63, 3.8) is 0 Å². The van der Waals surface area contributed by atoms with Gasteiger partial charge in [0.15, 0.2) is 0 Å². The van der Waals surface area contributed by atoms with Crippen molar-refractivity contribution in [2.75, 3.05) is 0 Å². The average Bonchev–Trinajstić information content (AvgIpc) is 2.66. The molecule has 2 aromatic rings. The molecule has 0 aliphatic heterocycles. The fraction of sp³-hybridized carbons (Fsp3) is 0.458. The molecule has 0 amide bonds. The van der Waals surface area contributed by atoms with E-state index in [1.54, 1.807) is 0 Å². The first-order chi connectivity index (χ1) is 13.0. The zero-order valence-electron chi connectivity index (χ0n) is 16.8. The number of benzene rings is 2. The molecule has 0 aliphatic rings. The quantitative estimate of drug-likeness (QED) is 0.536. The Morgan fingerprint density at radius 3 is 2.15 bits per heavy atom. The zero-order chi connectivity index (χ0) is 19.6. The number of carbonyl (C=O) groups is 1. The van der Waals surface area contributed by atoms with Crippen LogP contribution in [0.2, 0.25) is 0 Å². The Morgan fingerprint density at radius 2 is 1.59 bits per heavy atom. The summed E-state index contributed by atoms with van der Waals surface area (Å²) in [5.74, 6) is -0.206. The van der Waals surface area contributed by atoms with E-state index < -0.39 is 5.97 Å². The second kappa shape index (κ2) is 10.9. The highest BCUT2D eigenvalue weighted by molar-refractivity contribution is 5.67. The minimum atomic E-state index is -0.720. The second-order valence-electron chi connectivity index (χ2n) is 7.63. The summed E-state index contributed by atoms with van der Waals surface area (Å²) in [5, 5.41) is 9.57. The Labute approximate surface area is 164 Å². The summed E-state index contributed by atoms with van der Waals surface area (Å²) in [6, 6.07) is 20.9. The molecule has 0 saturated carbocycles. The zero-order valence-corrected chi connectivity index (χ0v) is 16.8. The van der Waals surface area contributed by atoms with Crippen molar-refractivity contribution in [3.8, 4) is 0 Å². The smallest absolute Gasteiger partial charge is 0.304 e. The minimum Gasteiger partial charge on any atom is -0.481 e. The molecule has 1 N–H and O–H groups in total. The van der Waals surface area contributed by atoms with Gasteiger partial charge in [0, 0.05) is 18.6 Å². The molecular weight excluding hydrogens is 334 g/mol. The predicted molar refractivity (Wildman–Crippen MR) is 112 cm³/mol. The molecule has 2 aromatic carbocycles. The average molecular weight is 368 g/mol. The molecule has 0 saturated heterocycles. The van der Waals surface area contributed by atoms with Gasteiger partial charge in [0.1, 0.15) is 0 Å². The molecule has 0 aromatic heterocycles. The topological polar surface area (TPSA) is 40.5 Å². The number of carboxylic acids is 1. The Balaban J connectivity index is 2.32. The maximum Gasteiger partial charge on any atom is 0.304 e. The molecule has 0 aliphatic carbocycles. The lowest BCUT2D eigenvalue weighted by molar-refractivity contribution is -0.139. The highest BCUT2D eigenvalue weighted by Gasteiger charge is 2.28. The summed E-state index contributed by atoms with van der Waals surface area (Å²) in [7, 11) is 0. The number of rotatable bonds is 11. The highest BCUT2D eigenvalue weighted by atomic mass is 16.4. The van der Waals surface area contributed by atoms with Crippen molar-refractivity contribution < 1.29 is 9.90 Å². The fourth-order valence-electron chi connectivity index (χ4n) is 3.91. The standard InChI is InChI=1S/C24H33NO2/c1-4-11-19(2)16-23(17-24(26)27)25(18-21-12-7-5-8-13-21)20(3)22-14-9-6-10-15-22/h5-10,12-15,19-20,23H,4,11,16-18H2,1-3H3,(H,26,27)/t19-,20?,23+/m1/s1. The van der Waals surface area contributed by atoms with E-state index in [-0.39, 0.29) is 18.5 Å². The van der Waals surface area contributed by atoms with Crippen molar-refractivity contribution in [1.29, 1.82) is 0 Å². The Kier molecular flexibility index (Phi) is 8.53. The lowest BCUT2D eigenvalue weighted by atomic mass is 9.92. The number of nitrogens with zero attached hydrogens (tertiary/aromatic N) is 1. The highest BCUT2D eigenvalue weighted by Crippen LogP contribution is 2.30. The van der Waals surface area contributed by atoms with Gasteiger partial charge in [-0.25, -0.2) is 0 Å². The molecule has 146 valence electrons. The van der Waals surface area contributed by atoms with Crippen LogP contribution >= 0.6 is 0 Å². The first kappa shape index (κ1) is 21.2. The van der Waals surface area contributed by atoms with Crippen LogP contribution in [0.5, 0.6) is 0 Å². The van der Waals surface area contributed by atoms with E-state index in [4.69, 9.17) is 0 Å². The molecule has 3 nitrogen and oxygen atoms in total. The van der Waals surface area contributed by atoms with E-state index in [0.29, 0.717) is 5.92 Å². The van der Waals surface area contributed by atoms with Gasteiger partial charge in [-0.15, -0.1) is 0 Å². The number of hydrogen-bond donors (Lipinski definition) is 1. The minimum absolute atomic E-state index is 0.0134. The molecule has 3 heteroatoms. The van der Waals surface area contributed by atoms with Crippen molar-refractivity contribution in [2.45, 2.75) is 65.1 Å². The summed E-state index contributed by atoms with van der Waals surface area (Å²) in [6.45, 7) is 7.38. The Morgan fingerprint density at radius 1 is 1.00 bits per heavy atom. The summed E-state index contributed by atoms with van der Waals surface area (Å²) < 4.78 is 0. The van der Waals surface area contributed by atoms with Gasteiger partial charge >= 0.3 is 5.97 Å². The van der Waals surface area contributed by atoms with Gasteiger partial charge < -0.3 is 5.11 Å². The van der Waals surface area contributed by atoms with E-state index in [9.17, 15) is 9.90 Å².